The monoisotopic (exact) mass is 280 g/mol. The number of amides is 1. The lowest BCUT2D eigenvalue weighted by atomic mass is 9.88. The minimum Gasteiger partial charge on any atom is -0.496 e. The maximum atomic E-state index is 14.2. The molecule has 0 radical (unpaired) electrons. The topological polar surface area (TPSA) is 64.3 Å². The van der Waals surface area contributed by atoms with Gasteiger partial charge in [0.25, 0.3) is 0 Å². The van der Waals surface area contributed by atoms with Gasteiger partial charge < -0.3 is 10.5 Å². The number of nitrogens with two attached hydrogens (primary N) is 1. The molecule has 0 spiro atoms. The van der Waals surface area contributed by atoms with Gasteiger partial charge in [-0.15, -0.1) is 0 Å². The molecule has 1 aromatic carbocycles. The molecule has 0 saturated heterocycles. The summed E-state index contributed by atoms with van der Waals surface area (Å²) in [5.74, 6) is -0.763. The van der Waals surface area contributed by atoms with Crippen molar-refractivity contribution in [3.63, 3.8) is 0 Å². The summed E-state index contributed by atoms with van der Waals surface area (Å²) in [5.41, 5.74) is 4.46. The Morgan fingerprint density at radius 2 is 2.10 bits per heavy atom. The summed E-state index contributed by atoms with van der Waals surface area (Å²) in [4.78, 5) is 12.0. The van der Waals surface area contributed by atoms with E-state index in [1.54, 1.807) is 19.1 Å². The van der Waals surface area contributed by atoms with Crippen molar-refractivity contribution >= 4 is 5.91 Å². The predicted molar refractivity (Wildman–Crippen MR) is 74.9 cm³/mol. The van der Waals surface area contributed by atoms with Crippen LogP contribution in [0.2, 0.25) is 0 Å². The van der Waals surface area contributed by atoms with Crippen LogP contribution in [-0.2, 0) is 10.3 Å². The van der Waals surface area contributed by atoms with Crippen LogP contribution in [0.4, 0.5) is 4.39 Å². The lowest BCUT2D eigenvalue weighted by Crippen LogP contribution is -2.54. The van der Waals surface area contributed by atoms with E-state index in [9.17, 15) is 9.18 Å². The first-order valence-corrected chi connectivity index (χ1v) is 6.89. The SMILES string of the molecule is COc1cccc(F)c1C(C)(NC1CCCC1)C(N)=O. The number of hydrogen-bond acceptors (Lipinski definition) is 3. The maximum absolute atomic E-state index is 14.2. The van der Waals surface area contributed by atoms with E-state index in [0.717, 1.165) is 25.7 Å². The summed E-state index contributed by atoms with van der Waals surface area (Å²) in [7, 11) is 1.45. The van der Waals surface area contributed by atoms with E-state index in [0.29, 0.717) is 5.75 Å². The minimum atomic E-state index is -1.27. The highest BCUT2D eigenvalue weighted by Crippen LogP contribution is 2.34. The predicted octanol–water partition coefficient (Wildman–Crippen LogP) is 2.07. The van der Waals surface area contributed by atoms with Gasteiger partial charge in [-0.1, -0.05) is 18.9 Å². The molecule has 0 bridgehead atoms. The van der Waals surface area contributed by atoms with Gasteiger partial charge in [0.05, 0.1) is 12.7 Å². The highest BCUT2D eigenvalue weighted by atomic mass is 19.1. The van der Waals surface area contributed by atoms with E-state index in [1.807, 2.05) is 0 Å². The van der Waals surface area contributed by atoms with Crippen LogP contribution in [0.1, 0.15) is 38.2 Å². The number of nitrogens with one attached hydrogen (secondary N) is 1. The van der Waals surface area contributed by atoms with Crippen molar-refractivity contribution in [1.82, 2.24) is 5.32 Å². The van der Waals surface area contributed by atoms with Gasteiger partial charge in [-0.3, -0.25) is 10.1 Å². The Labute approximate surface area is 118 Å². The number of carbonyl (C=O) groups is 1. The molecule has 0 heterocycles. The second-order valence-corrected chi connectivity index (χ2v) is 5.43. The van der Waals surface area contributed by atoms with E-state index in [4.69, 9.17) is 10.5 Å². The van der Waals surface area contributed by atoms with Crippen LogP contribution >= 0.6 is 0 Å². The maximum Gasteiger partial charge on any atom is 0.242 e. The lowest BCUT2D eigenvalue weighted by molar-refractivity contribution is -0.124. The quantitative estimate of drug-likeness (QED) is 0.867. The molecule has 1 unspecified atom stereocenters. The fourth-order valence-corrected chi connectivity index (χ4v) is 2.90. The van der Waals surface area contributed by atoms with Crippen LogP contribution in [0.15, 0.2) is 18.2 Å². The van der Waals surface area contributed by atoms with Crippen LogP contribution in [0, 0.1) is 5.82 Å². The number of ether oxygens (including phenoxy) is 1. The third-order valence-electron chi connectivity index (χ3n) is 4.04. The van der Waals surface area contributed by atoms with Crippen molar-refractivity contribution in [2.75, 3.05) is 7.11 Å². The first-order valence-electron chi connectivity index (χ1n) is 6.89. The van der Waals surface area contributed by atoms with Crippen LogP contribution < -0.4 is 15.8 Å². The molecule has 20 heavy (non-hydrogen) atoms. The molecular formula is C15H21FN2O2. The number of halogens is 1. The van der Waals surface area contributed by atoms with E-state index < -0.39 is 17.3 Å². The standard InChI is InChI=1S/C15H21FN2O2/c1-15(14(17)19,18-10-6-3-4-7-10)13-11(16)8-5-9-12(13)20-2/h5,8-10,18H,3-4,6-7H2,1-2H3,(H2,17,19). The summed E-state index contributed by atoms with van der Waals surface area (Å²) < 4.78 is 19.4. The zero-order valence-electron chi connectivity index (χ0n) is 11.9. The summed E-state index contributed by atoms with van der Waals surface area (Å²) in [6.45, 7) is 1.62. The Kier molecular flexibility index (Phi) is 4.28. The number of rotatable bonds is 5. The zero-order valence-corrected chi connectivity index (χ0v) is 11.9. The third-order valence-corrected chi connectivity index (χ3v) is 4.04. The molecule has 5 heteroatoms. The zero-order chi connectivity index (χ0) is 14.8. The largest absolute Gasteiger partial charge is 0.496 e. The number of methoxy groups -OCH3 is 1. The van der Waals surface area contributed by atoms with Gasteiger partial charge in [0.1, 0.15) is 17.1 Å². The molecule has 3 N–H and O–H groups in total. The van der Waals surface area contributed by atoms with Crippen molar-refractivity contribution in [2.24, 2.45) is 5.73 Å². The van der Waals surface area contributed by atoms with E-state index in [-0.39, 0.29) is 11.6 Å². The summed E-state index contributed by atoms with van der Waals surface area (Å²) >= 11 is 0. The van der Waals surface area contributed by atoms with Crippen LogP contribution in [-0.4, -0.2) is 19.1 Å². The Bertz CT molecular complexity index is 501. The van der Waals surface area contributed by atoms with Gasteiger partial charge in [-0.25, -0.2) is 4.39 Å². The number of hydrogen-bond donors (Lipinski definition) is 2. The van der Waals surface area contributed by atoms with Crippen molar-refractivity contribution in [1.29, 1.82) is 0 Å². The molecule has 0 aromatic heterocycles. The van der Waals surface area contributed by atoms with E-state index in [2.05, 4.69) is 5.32 Å². The van der Waals surface area contributed by atoms with Crippen LogP contribution in [0.25, 0.3) is 0 Å². The van der Waals surface area contributed by atoms with Crippen molar-refractivity contribution < 1.29 is 13.9 Å². The van der Waals surface area contributed by atoms with Crippen molar-refractivity contribution in [3.05, 3.63) is 29.6 Å². The van der Waals surface area contributed by atoms with Crippen molar-refractivity contribution in [2.45, 2.75) is 44.2 Å². The second-order valence-electron chi connectivity index (χ2n) is 5.43. The smallest absolute Gasteiger partial charge is 0.242 e. The van der Waals surface area contributed by atoms with Gasteiger partial charge in [-0.2, -0.15) is 0 Å². The van der Waals surface area contributed by atoms with Gasteiger partial charge in [0.15, 0.2) is 0 Å². The molecule has 0 aliphatic heterocycles. The van der Waals surface area contributed by atoms with Gasteiger partial charge in [0, 0.05) is 6.04 Å². The first-order chi connectivity index (χ1) is 9.49. The van der Waals surface area contributed by atoms with Gasteiger partial charge in [0.2, 0.25) is 5.91 Å². The van der Waals surface area contributed by atoms with E-state index >= 15 is 0 Å². The summed E-state index contributed by atoms with van der Waals surface area (Å²) in [5, 5.41) is 3.23. The lowest BCUT2D eigenvalue weighted by Gasteiger charge is -2.32. The third kappa shape index (κ3) is 2.63. The molecule has 1 saturated carbocycles. The first kappa shape index (κ1) is 14.8. The fraction of sp³-hybridized carbons (Fsp3) is 0.533. The van der Waals surface area contributed by atoms with Crippen LogP contribution in [0.5, 0.6) is 5.75 Å². The Balaban J connectivity index is 2.44. The Morgan fingerprint density at radius 3 is 2.65 bits per heavy atom. The number of primary amides is 1. The molecule has 110 valence electrons. The summed E-state index contributed by atoms with van der Waals surface area (Å²) in [6, 6.07) is 4.68. The van der Waals surface area contributed by atoms with Gasteiger partial charge >= 0.3 is 0 Å². The molecule has 1 aliphatic rings. The molecule has 1 fully saturated rings. The highest BCUT2D eigenvalue weighted by molar-refractivity contribution is 5.86. The van der Waals surface area contributed by atoms with E-state index in [1.165, 1.54) is 13.2 Å². The molecule has 1 amide bonds. The number of carbonyl (C=O) groups excluding carboxylic acids is 1. The Morgan fingerprint density at radius 1 is 1.45 bits per heavy atom. The molecule has 1 atom stereocenters. The molecular weight excluding hydrogens is 259 g/mol. The van der Waals surface area contributed by atoms with Crippen molar-refractivity contribution in [3.8, 4) is 5.75 Å². The summed E-state index contributed by atoms with van der Waals surface area (Å²) in [6.07, 6.45) is 4.17. The van der Waals surface area contributed by atoms with Gasteiger partial charge in [-0.05, 0) is 31.9 Å². The van der Waals surface area contributed by atoms with Crippen LogP contribution in [0.3, 0.4) is 0 Å². The molecule has 2 rings (SSSR count). The minimum absolute atomic E-state index is 0.178. The number of benzene rings is 1. The molecule has 1 aliphatic carbocycles. The average Bonchev–Trinajstić information content (AvgIpc) is 2.90. The fourth-order valence-electron chi connectivity index (χ4n) is 2.90. The average molecular weight is 280 g/mol. The Hall–Kier alpha value is -1.62. The molecule has 4 nitrogen and oxygen atoms in total. The highest BCUT2D eigenvalue weighted by Gasteiger charge is 2.40. The normalized spacial score (nSPS) is 18.8. The second kappa shape index (κ2) is 5.79. The molecule has 1 aromatic rings.